The maximum atomic E-state index is 12.5. The molecule has 6 heteroatoms. The molecule has 0 aliphatic rings. The average Bonchev–Trinajstić information content (AvgIpc) is 2.71. The summed E-state index contributed by atoms with van der Waals surface area (Å²) in [5, 5.41) is 18.3. The number of benzene rings is 2. The van der Waals surface area contributed by atoms with Crippen LogP contribution in [0.15, 0.2) is 54.6 Å². The van der Waals surface area contributed by atoms with Crippen molar-refractivity contribution in [3.63, 3.8) is 0 Å². The molecule has 0 unspecified atom stereocenters. The predicted molar refractivity (Wildman–Crippen MR) is 96.8 cm³/mol. The maximum absolute atomic E-state index is 12.5. The van der Waals surface area contributed by atoms with Gasteiger partial charge in [-0.05, 0) is 18.6 Å². The second-order valence-electron chi connectivity index (χ2n) is 6.33. The molecule has 0 radical (unpaired) electrons. The van der Waals surface area contributed by atoms with E-state index in [0.29, 0.717) is 16.7 Å². The third-order valence-electron chi connectivity index (χ3n) is 4.17. The molecule has 2 aromatic rings. The second kappa shape index (κ2) is 8.71. The number of aliphatic hydroxyl groups excluding tert-OH is 2. The van der Waals surface area contributed by atoms with Crippen molar-refractivity contribution in [3.8, 4) is 0 Å². The molecule has 0 aliphatic heterocycles. The molecular weight excluding hydrogens is 334 g/mol. The van der Waals surface area contributed by atoms with Crippen LogP contribution in [-0.2, 0) is 9.53 Å². The molecule has 0 spiro atoms. The SMILES string of the molecule is C[C@@H](C(=O)OCC(N)(CO)CO)c1cccc(C(=O)c2ccccc2)c1. The largest absolute Gasteiger partial charge is 0.463 e. The van der Waals surface area contributed by atoms with E-state index < -0.39 is 30.6 Å². The number of hydrogen-bond donors (Lipinski definition) is 3. The van der Waals surface area contributed by atoms with Crippen molar-refractivity contribution in [1.29, 1.82) is 0 Å². The summed E-state index contributed by atoms with van der Waals surface area (Å²) in [4.78, 5) is 24.8. The van der Waals surface area contributed by atoms with Crippen LogP contribution in [0.2, 0.25) is 0 Å². The highest BCUT2D eigenvalue weighted by Gasteiger charge is 2.27. The Labute approximate surface area is 152 Å². The van der Waals surface area contributed by atoms with E-state index >= 15 is 0 Å². The van der Waals surface area contributed by atoms with Gasteiger partial charge in [-0.15, -0.1) is 0 Å². The standard InChI is InChI=1S/C20H23NO5/c1-14(19(25)26-13-20(21,11-22)12-23)16-8-5-9-17(10-16)18(24)15-6-3-2-4-7-15/h2-10,14,22-23H,11-13,21H2,1H3/t14-/m1/s1. The predicted octanol–water partition coefficient (Wildman–Crippen LogP) is 1.25. The molecule has 0 bridgehead atoms. The molecule has 138 valence electrons. The number of nitrogens with two attached hydrogens (primary N) is 1. The van der Waals surface area contributed by atoms with Crippen LogP contribution in [0.25, 0.3) is 0 Å². The summed E-state index contributed by atoms with van der Waals surface area (Å²) in [6, 6.07) is 15.7. The molecular formula is C20H23NO5. The smallest absolute Gasteiger partial charge is 0.313 e. The Bertz CT molecular complexity index is 756. The van der Waals surface area contributed by atoms with Gasteiger partial charge < -0.3 is 20.7 Å². The first-order chi connectivity index (χ1) is 12.4. The van der Waals surface area contributed by atoms with Crippen molar-refractivity contribution in [2.75, 3.05) is 19.8 Å². The van der Waals surface area contributed by atoms with Gasteiger partial charge in [0.05, 0.1) is 24.7 Å². The fourth-order valence-corrected chi connectivity index (χ4v) is 2.32. The molecule has 26 heavy (non-hydrogen) atoms. The van der Waals surface area contributed by atoms with E-state index in [1.54, 1.807) is 55.5 Å². The number of carbonyl (C=O) groups is 2. The van der Waals surface area contributed by atoms with Crippen LogP contribution in [0.3, 0.4) is 0 Å². The van der Waals surface area contributed by atoms with Crippen LogP contribution in [-0.4, -0.2) is 47.3 Å². The zero-order valence-electron chi connectivity index (χ0n) is 14.6. The van der Waals surface area contributed by atoms with Gasteiger partial charge in [-0.3, -0.25) is 9.59 Å². The second-order valence-corrected chi connectivity index (χ2v) is 6.33. The molecule has 2 aromatic carbocycles. The molecule has 2 rings (SSSR count). The Morgan fingerprint density at radius 2 is 1.65 bits per heavy atom. The summed E-state index contributed by atoms with van der Waals surface area (Å²) in [6.07, 6.45) is 0. The average molecular weight is 357 g/mol. The van der Waals surface area contributed by atoms with E-state index in [0.717, 1.165) is 0 Å². The number of ketones is 1. The Morgan fingerprint density at radius 1 is 1.04 bits per heavy atom. The lowest BCUT2D eigenvalue weighted by Gasteiger charge is -2.24. The lowest BCUT2D eigenvalue weighted by atomic mass is 9.95. The number of rotatable bonds is 8. The van der Waals surface area contributed by atoms with Crippen molar-refractivity contribution < 1.29 is 24.5 Å². The number of hydrogen-bond acceptors (Lipinski definition) is 6. The van der Waals surface area contributed by atoms with Gasteiger partial charge in [0.15, 0.2) is 5.78 Å². The van der Waals surface area contributed by atoms with Crippen LogP contribution in [0.1, 0.15) is 34.3 Å². The molecule has 0 saturated carbocycles. The first-order valence-electron chi connectivity index (χ1n) is 8.27. The molecule has 1 atom stereocenters. The van der Waals surface area contributed by atoms with Gasteiger partial charge in [-0.25, -0.2) is 0 Å². The molecule has 0 aromatic heterocycles. The minimum absolute atomic E-state index is 0.130. The van der Waals surface area contributed by atoms with Crippen LogP contribution < -0.4 is 5.73 Å². The van der Waals surface area contributed by atoms with E-state index in [2.05, 4.69) is 0 Å². The minimum Gasteiger partial charge on any atom is -0.463 e. The molecule has 0 aliphatic carbocycles. The van der Waals surface area contributed by atoms with Crippen LogP contribution in [0, 0.1) is 0 Å². The third kappa shape index (κ3) is 4.76. The Morgan fingerprint density at radius 3 is 2.27 bits per heavy atom. The van der Waals surface area contributed by atoms with Gasteiger partial charge in [0, 0.05) is 11.1 Å². The zero-order valence-corrected chi connectivity index (χ0v) is 14.6. The van der Waals surface area contributed by atoms with Gasteiger partial charge in [-0.2, -0.15) is 0 Å². The Kier molecular flexibility index (Phi) is 6.63. The van der Waals surface area contributed by atoms with Crippen LogP contribution >= 0.6 is 0 Å². The molecule has 0 amide bonds. The van der Waals surface area contributed by atoms with Crippen molar-refractivity contribution in [2.45, 2.75) is 18.4 Å². The van der Waals surface area contributed by atoms with Gasteiger partial charge in [0.2, 0.25) is 0 Å². The summed E-state index contributed by atoms with van der Waals surface area (Å²) >= 11 is 0. The zero-order chi connectivity index (χ0) is 19.2. The van der Waals surface area contributed by atoms with Crippen LogP contribution in [0.5, 0.6) is 0 Å². The van der Waals surface area contributed by atoms with Crippen LogP contribution in [0.4, 0.5) is 0 Å². The van der Waals surface area contributed by atoms with Crippen molar-refractivity contribution in [3.05, 3.63) is 71.3 Å². The quantitative estimate of drug-likeness (QED) is 0.484. The molecule has 6 nitrogen and oxygen atoms in total. The fraction of sp³-hybridized carbons (Fsp3) is 0.300. The van der Waals surface area contributed by atoms with E-state index in [4.69, 9.17) is 20.7 Å². The van der Waals surface area contributed by atoms with E-state index in [1.165, 1.54) is 0 Å². The topological polar surface area (TPSA) is 110 Å². The number of ether oxygens (including phenoxy) is 1. The summed E-state index contributed by atoms with van der Waals surface area (Å²) in [6.45, 7) is 0.342. The summed E-state index contributed by atoms with van der Waals surface area (Å²) in [5.41, 5.74) is 5.99. The normalized spacial score (nSPS) is 12.5. The first kappa shape index (κ1) is 19.8. The highest BCUT2D eigenvalue weighted by molar-refractivity contribution is 6.09. The summed E-state index contributed by atoms with van der Waals surface area (Å²) in [5.74, 6) is -1.30. The van der Waals surface area contributed by atoms with E-state index in [9.17, 15) is 9.59 Å². The third-order valence-corrected chi connectivity index (χ3v) is 4.17. The highest BCUT2D eigenvalue weighted by Crippen LogP contribution is 2.20. The van der Waals surface area contributed by atoms with Gasteiger partial charge in [0.1, 0.15) is 6.61 Å². The maximum Gasteiger partial charge on any atom is 0.313 e. The van der Waals surface area contributed by atoms with Crippen molar-refractivity contribution >= 4 is 11.8 Å². The number of aliphatic hydroxyl groups is 2. The molecule has 0 saturated heterocycles. The van der Waals surface area contributed by atoms with Gasteiger partial charge in [-0.1, -0.05) is 48.5 Å². The van der Waals surface area contributed by atoms with E-state index in [1.807, 2.05) is 6.07 Å². The molecule has 0 heterocycles. The number of carbonyl (C=O) groups excluding carboxylic acids is 2. The van der Waals surface area contributed by atoms with E-state index in [-0.39, 0.29) is 12.4 Å². The Hall–Kier alpha value is -2.54. The fourth-order valence-electron chi connectivity index (χ4n) is 2.32. The Balaban J connectivity index is 2.11. The lowest BCUT2D eigenvalue weighted by molar-refractivity contribution is -0.148. The van der Waals surface area contributed by atoms with Crippen molar-refractivity contribution in [2.24, 2.45) is 5.73 Å². The number of esters is 1. The lowest BCUT2D eigenvalue weighted by Crippen LogP contribution is -2.52. The monoisotopic (exact) mass is 357 g/mol. The summed E-state index contributed by atoms with van der Waals surface area (Å²) in [7, 11) is 0. The first-order valence-corrected chi connectivity index (χ1v) is 8.27. The van der Waals surface area contributed by atoms with Crippen molar-refractivity contribution in [1.82, 2.24) is 0 Å². The highest BCUT2D eigenvalue weighted by atomic mass is 16.5. The minimum atomic E-state index is -1.37. The van der Waals surface area contributed by atoms with Gasteiger partial charge in [0.25, 0.3) is 0 Å². The van der Waals surface area contributed by atoms with Gasteiger partial charge >= 0.3 is 5.97 Å². The molecule has 0 fully saturated rings. The summed E-state index contributed by atoms with van der Waals surface area (Å²) < 4.78 is 5.12. The molecule has 4 N–H and O–H groups in total.